The quantitative estimate of drug-likeness (QED) is 0.393. The number of hydrogen-bond acceptors (Lipinski definition) is 0. The molecular weight excluding hydrogens is 207 g/mol. The van der Waals surface area contributed by atoms with Crippen LogP contribution in [0.25, 0.3) is 0 Å². The van der Waals surface area contributed by atoms with E-state index in [4.69, 9.17) is 0 Å². The summed E-state index contributed by atoms with van der Waals surface area (Å²) in [6.45, 7) is 0. The molecule has 1 aromatic carbocycles. The van der Waals surface area contributed by atoms with Gasteiger partial charge in [0.25, 0.3) is 0 Å². The molecule has 0 saturated carbocycles. The van der Waals surface area contributed by atoms with Crippen molar-refractivity contribution in [3.8, 4) is 0 Å². The molecule has 0 aromatic heterocycles. The van der Waals surface area contributed by atoms with E-state index in [0.717, 1.165) is 0 Å². The van der Waals surface area contributed by atoms with Crippen LogP contribution in [0.15, 0.2) is 30.3 Å². The second-order valence-corrected chi connectivity index (χ2v) is 0.962. The van der Waals surface area contributed by atoms with Gasteiger partial charge in [0, 0.05) is 0 Å². The molecule has 1 rings (SSSR count). The molecule has 0 saturated heterocycles. The molecule has 1 radical (unpaired) electrons. The van der Waals surface area contributed by atoms with Gasteiger partial charge in [0.15, 0.2) is 0 Å². The van der Waals surface area contributed by atoms with Crippen LogP contribution in [0, 0.1) is 14.9 Å². The summed E-state index contributed by atoms with van der Waals surface area (Å²) in [5, 5.41) is 0. The molecule has 0 nitrogen and oxygen atoms in total. The molecule has 59 valence electrons. The van der Waals surface area contributed by atoms with Crippen LogP contribution in [0.4, 0.5) is 0 Å². The van der Waals surface area contributed by atoms with Crippen LogP contribution in [0.1, 0.15) is 0 Å². The first-order chi connectivity index (χ1) is 2.50. The third-order valence-electron chi connectivity index (χ3n) is 0.556. The molecule has 0 unspecified atom stereocenters. The average Bonchev–Trinajstić information content (AvgIpc) is 1.76. The van der Waals surface area contributed by atoms with Crippen molar-refractivity contribution in [3.63, 3.8) is 0 Å². The second-order valence-electron chi connectivity index (χ2n) is 0.962. The largest absolute Gasteiger partial charge is 5.00 e. The van der Waals surface area contributed by atoms with Crippen LogP contribution in [0.3, 0.4) is 0 Å². The predicted molar refractivity (Wildman–Crippen MR) is 34.9 cm³/mol. The molecule has 0 aliphatic rings. The summed E-state index contributed by atoms with van der Waals surface area (Å²) in [5.41, 5.74) is 0. The first kappa shape index (κ1) is 31.4. The summed E-state index contributed by atoms with van der Waals surface area (Å²) in [7, 11) is 0. The van der Waals surface area contributed by atoms with E-state index in [2.05, 4.69) is 0 Å². The zero-order valence-electron chi connectivity index (χ0n) is 6.05. The number of hydrogen-bond donors (Lipinski definition) is 0. The van der Waals surface area contributed by atoms with Gasteiger partial charge in [-0.15, -0.1) is 0 Å². The van der Waals surface area contributed by atoms with Gasteiger partial charge in [-0.25, -0.2) is 12.1 Å². The number of halogens is 2. The fourth-order valence-electron chi connectivity index (χ4n) is 0.321. The van der Waals surface area contributed by atoms with Crippen LogP contribution >= 0.6 is 0 Å². The topological polar surface area (TPSA) is 0 Å². The Morgan fingerprint density at radius 2 is 1.10 bits per heavy atom. The van der Waals surface area contributed by atoms with Crippen LogP contribution in [-0.4, -0.2) is 0 Å². The van der Waals surface area contributed by atoms with Crippen molar-refractivity contribution in [1.82, 2.24) is 0 Å². The van der Waals surface area contributed by atoms with Gasteiger partial charge in [-0.3, -0.25) is 0 Å². The van der Waals surface area contributed by atoms with E-state index >= 15 is 0 Å². The van der Waals surface area contributed by atoms with Crippen molar-refractivity contribution in [2.45, 2.75) is 0 Å². The van der Waals surface area contributed by atoms with Crippen LogP contribution in [-0.2, 0) is 17.4 Å². The fourth-order valence-corrected chi connectivity index (χ4v) is 0.321. The summed E-state index contributed by atoms with van der Waals surface area (Å²) in [5.74, 6) is 0. The Bertz CT molecular complexity index is 68.1. The minimum atomic E-state index is 0. The Morgan fingerprint density at radius 3 is 1.20 bits per heavy atom. The zero-order valence-corrected chi connectivity index (χ0v) is 8.84. The first-order valence-corrected chi connectivity index (χ1v) is 1.67. The van der Waals surface area contributed by atoms with E-state index in [1.807, 2.05) is 30.3 Å². The van der Waals surface area contributed by atoms with Gasteiger partial charge >= 0.3 is 17.4 Å². The molecule has 0 atom stereocenters. The van der Waals surface area contributed by atoms with Crippen molar-refractivity contribution in [2.24, 2.45) is 0 Å². The SMILES string of the molecule is [CH3-].[CH3-].[Cl-].[Cl-].[Cr+5].c1cc[cH-]c1. The standard InChI is InChI=1S/C5H5.2CH3.2ClH.Cr/c1-2-4-5-3-1;;;;;/h1-5H;2*1H3;2*1H;/q3*-1;;;+5/p-2. The van der Waals surface area contributed by atoms with Gasteiger partial charge in [-0.05, 0) is 0 Å². The molecule has 10 heavy (non-hydrogen) atoms. The Balaban J connectivity index is -0.0000000167. The van der Waals surface area contributed by atoms with E-state index in [0.29, 0.717) is 0 Å². The van der Waals surface area contributed by atoms with Crippen molar-refractivity contribution in [3.05, 3.63) is 45.2 Å². The Labute approximate surface area is 87.3 Å². The summed E-state index contributed by atoms with van der Waals surface area (Å²) in [6, 6.07) is 10.0. The fraction of sp³-hybridized carbons (Fsp3) is 0. The van der Waals surface area contributed by atoms with Gasteiger partial charge in [0.05, 0.1) is 0 Å². The first-order valence-electron chi connectivity index (χ1n) is 1.67. The van der Waals surface area contributed by atoms with Crippen LogP contribution in [0.2, 0.25) is 0 Å². The second kappa shape index (κ2) is 22.7. The van der Waals surface area contributed by atoms with Gasteiger partial charge in [0.1, 0.15) is 0 Å². The molecule has 0 N–H and O–H groups in total. The molecule has 0 amide bonds. The van der Waals surface area contributed by atoms with Gasteiger partial charge in [-0.1, -0.05) is 0 Å². The maximum absolute atomic E-state index is 2.00. The molecule has 0 aliphatic heterocycles. The van der Waals surface area contributed by atoms with Gasteiger partial charge in [-0.2, -0.15) is 18.2 Å². The minimum Gasteiger partial charge on any atom is -1.00 e. The van der Waals surface area contributed by atoms with E-state index in [1.165, 1.54) is 0 Å². The normalized spacial score (nSPS) is 4.00. The van der Waals surface area contributed by atoms with E-state index in [9.17, 15) is 0 Å². The summed E-state index contributed by atoms with van der Waals surface area (Å²) < 4.78 is 0. The molecule has 3 heteroatoms. The van der Waals surface area contributed by atoms with Gasteiger partial charge in [0.2, 0.25) is 0 Å². The summed E-state index contributed by atoms with van der Waals surface area (Å²) in [6.07, 6.45) is 0. The zero-order chi connectivity index (χ0) is 3.54. The Hall–Kier alpha value is 0.462. The van der Waals surface area contributed by atoms with Crippen LogP contribution in [0.5, 0.6) is 0 Å². The molecule has 0 aliphatic carbocycles. The molecule has 0 bridgehead atoms. The molecule has 0 fully saturated rings. The predicted octanol–water partition coefficient (Wildman–Crippen LogP) is -3.69. The maximum atomic E-state index is 2.00. The van der Waals surface area contributed by atoms with Crippen LogP contribution < -0.4 is 24.8 Å². The van der Waals surface area contributed by atoms with E-state index < -0.39 is 0 Å². The third kappa shape index (κ3) is 15.8. The number of rotatable bonds is 0. The minimum absolute atomic E-state index is 0. The van der Waals surface area contributed by atoms with E-state index in [1.54, 1.807) is 0 Å². The van der Waals surface area contributed by atoms with E-state index in [-0.39, 0.29) is 57.0 Å². The van der Waals surface area contributed by atoms with Gasteiger partial charge < -0.3 is 39.7 Å². The van der Waals surface area contributed by atoms with Crippen molar-refractivity contribution in [2.75, 3.05) is 0 Å². The van der Waals surface area contributed by atoms with Crippen molar-refractivity contribution < 1.29 is 42.2 Å². The summed E-state index contributed by atoms with van der Waals surface area (Å²) in [4.78, 5) is 0. The Morgan fingerprint density at radius 1 is 0.800 bits per heavy atom. The smallest absolute Gasteiger partial charge is 1.00 e. The maximum Gasteiger partial charge on any atom is 5.00 e. The van der Waals surface area contributed by atoms with Crippen molar-refractivity contribution >= 4 is 0 Å². The Kier molecular flexibility index (Phi) is 71.3. The monoisotopic (exact) mass is 217 g/mol. The molecule has 1 aromatic rings. The third-order valence-corrected chi connectivity index (χ3v) is 0.556. The average molecular weight is 218 g/mol. The molecule has 0 spiro atoms. The molecule has 0 heterocycles. The molecular formula is C7H11Cl2Cr. The summed E-state index contributed by atoms with van der Waals surface area (Å²) >= 11 is 0. The van der Waals surface area contributed by atoms with Crippen molar-refractivity contribution in [1.29, 1.82) is 0 Å².